The largest absolute Gasteiger partial charge is 0.369 e. The van der Waals surface area contributed by atoms with E-state index in [2.05, 4.69) is 5.10 Å². The van der Waals surface area contributed by atoms with Gasteiger partial charge in [-0.05, 0) is 19.8 Å². The molecule has 0 aromatic carbocycles. The number of carbonyl (C=O) groups excluding carboxylic acids is 1. The lowest BCUT2D eigenvalue weighted by molar-refractivity contribution is -0.123. The molecule has 0 aromatic rings. The van der Waals surface area contributed by atoms with Crippen molar-refractivity contribution in [3.8, 4) is 0 Å². The molecule has 1 saturated heterocycles. The molecule has 0 spiro atoms. The molecule has 2 unspecified atom stereocenters. The van der Waals surface area contributed by atoms with Crippen LogP contribution in [0, 0.1) is 5.92 Å². The summed E-state index contributed by atoms with van der Waals surface area (Å²) in [6.07, 6.45) is 1.69. The van der Waals surface area contributed by atoms with Crippen molar-refractivity contribution in [1.29, 1.82) is 0 Å². The Balaban J connectivity index is 2.69. The SMILES string of the molecule is CC1CCC(C(N)=O)CN1C(N)=NN. The monoisotopic (exact) mass is 199 g/mol. The summed E-state index contributed by atoms with van der Waals surface area (Å²) in [4.78, 5) is 12.8. The Bertz CT molecular complexity index is 252. The topological polar surface area (TPSA) is 111 Å². The highest BCUT2D eigenvalue weighted by molar-refractivity contribution is 5.81. The van der Waals surface area contributed by atoms with E-state index in [1.54, 1.807) is 0 Å². The smallest absolute Gasteiger partial charge is 0.222 e. The minimum absolute atomic E-state index is 0.147. The Morgan fingerprint density at radius 1 is 1.43 bits per heavy atom. The molecule has 6 N–H and O–H groups in total. The van der Waals surface area contributed by atoms with Gasteiger partial charge in [0, 0.05) is 12.6 Å². The van der Waals surface area contributed by atoms with Gasteiger partial charge in [0.15, 0.2) is 0 Å². The summed E-state index contributed by atoms with van der Waals surface area (Å²) in [5.74, 6) is 4.93. The summed E-state index contributed by atoms with van der Waals surface area (Å²) in [5.41, 5.74) is 10.8. The summed E-state index contributed by atoms with van der Waals surface area (Å²) >= 11 is 0. The van der Waals surface area contributed by atoms with E-state index in [-0.39, 0.29) is 23.8 Å². The molecule has 1 rings (SSSR count). The van der Waals surface area contributed by atoms with E-state index >= 15 is 0 Å². The second-order valence-corrected chi connectivity index (χ2v) is 3.67. The molecule has 0 bridgehead atoms. The van der Waals surface area contributed by atoms with E-state index < -0.39 is 0 Å². The Kier molecular flexibility index (Phi) is 3.16. The molecule has 1 aliphatic rings. The van der Waals surface area contributed by atoms with Gasteiger partial charge in [0.2, 0.25) is 11.9 Å². The molecule has 0 radical (unpaired) electrons. The third kappa shape index (κ3) is 2.07. The van der Waals surface area contributed by atoms with E-state index in [0.29, 0.717) is 6.54 Å². The van der Waals surface area contributed by atoms with Crippen LogP contribution in [0.4, 0.5) is 0 Å². The highest BCUT2D eigenvalue weighted by atomic mass is 16.1. The van der Waals surface area contributed by atoms with Gasteiger partial charge in [0.25, 0.3) is 0 Å². The van der Waals surface area contributed by atoms with Crippen LogP contribution < -0.4 is 17.3 Å². The second-order valence-electron chi connectivity index (χ2n) is 3.67. The van der Waals surface area contributed by atoms with Gasteiger partial charge in [0.1, 0.15) is 0 Å². The third-order valence-electron chi connectivity index (χ3n) is 2.71. The number of hydrazone groups is 1. The van der Waals surface area contributed by atoms with Gasteiger partial charge in [-0.3, -0.25) is 4.79 Å². The van der Waals surface area contributed by atoms with Crippen LogP contribution in [-0.2, 0) is 4.79 Å². The van der Waals surface area contributed by atoms with Gasteiger partial charge in [-0.2, -0.15) is 0 Å². The number of hydrogen-bond acceptors (Lipinski definition) is 3. The standard InChI is InChI=1S/C8H17N5O/c1-5-2-3-6(7(9)14)4-13(5)8(10)12-11/h5-6H,2-4,11H2,1H3,(H2,9,14)(H2,10,12). The van der Waals surface area contributed by atoms with Crippen molar-refractivity contribution in [3.63, 3.8) is 0 Å². The van der Waals surface area contributed by atoms with Gasteiger partial charge in [-0.1, -0.05) is 0 Å². The molecule has 0 aliphatic carbocycles. The van der Waals surface area contributed by atoms with Gasteiger partial charge < -0.3 is 22.2 Å². The Morgan fingerprint density at radius 3 is 2.57 bits per heavy atom. The molecular formula is C8H17N5O. The second kappa shape index (κ2) is 4.17. The first-order valence-corrected chi connectivity index (χ1v) is 4.65. The van der Waals surface area contributed by atoms with Crippen LogP contribution in [0.1, 0.15) is 19.8 Å². The number of nitrogens with zero attached hydrogens (tertiary/aromatic N) is 2. The number of hydrogen-bond donors (Lipinski definition) is 3. The predicted molar refractivity (Wildman–Crippen MR) is 53.9 cm³/mol. The first-order chi connectivity index (χ1) is 6.56. The molecule has 0 aromatic heterocycles. The Morgan fingerprint density at radius 2 is 2.07 bits per heavy atom. The molecule has 6 heteroatoms. The van der Waals surface area contributed by atoms with Crippen molar-refractivity contribution >= 4 is 11.9 Å². The molecule has 1 heterocycles. The van der Waals surface area contributed by atoms with E-state index in [0.717, 1.165) is 12.8 Å². The molecule has 1 amide bonds. The molecule has 1 fully saturated rings. The van der Waals surface area contributed by atoms with Gasteiger partial charge >= 0.3 is 0 Å². The van der Waals surface area contributed by atoms with Crippen molar-refractivity contribution in [1.82, 2.24) is 4.90 Å². The summed E-state index contributed by atoms with van der Waals surface area (Å²) in [6.45, 7) is 2.54. The third-order valence-corrected chi connectivity index (χ3v) is 2.71. The van der Waals surface area contributed by atoms with Crippen molar-refractivity contribution in [3.05, 3.63) is 0 Å². The average Bonchev–Trinajstić information content (AvgIpc) is 2.17. The summed E-state index contributed by atoms with van der Waals surface area (Å²) in [7, 11) is 0. The lowest BCUT2D eigenvalue weighted by Gasteiger charge is -2.37. The number of carbonyl (C=O) groups is 1. The Hall–Kier alpha value is -1.46. The lowest BCUT2D eigenvalue weighted by Crippen LogP contribution is -2.51. The molecular weight excluding hydrogens is 182 g/mol. The number of nitrogens with two attached hydrogens (primary N) is 3. The lowest BCUT2D eigenvalue weighted by atomic mass is 9.93. The van der Waals surface area contributed by atoms with Crippen LogP contribution in [0.25, 0.3) is 0 Å². The normalized spacial score (nSPS) is 28.9. The highest BCUT2D eigenvalue weighted by Gasteiger charge is 2.29. The first-order valence-electron chi connectivity index (χ1n) is 4.65. The van der Waals surface area contributed by atoms with Gasteiger partial charge in [-0.15, -0.1) is 5.10 Å². The van der Waals surface area contributed by atoms with Crippen molar-refractivity contribution < 1.29 is 4.79 Å². The van der Waals surface area contributed by atoms with E-state index in [1.807, 2.05) is 11.8 Å². The summed E-state index contributed by atoms with van der Waals surface area (Å²) < 4.78 is 0. The number of piperidine rings is 1. The number of guanidine groups is 1. The van der Waals surface area contributed by atoms with E-state index in [1.165, 1.54) is 0 Å². The predicted octanol–water partition coefficient (Wildman–Crippen LogP) is -1.24. The number of primary amides is 1. The van der Waals surface area contributed by atoms with Crippen molar-refractivity contribution in [2.75, 3.05) is 6.54 Å². The number of likely N-dealkylation sites (tertiary alicyclic amines) is 1. The van der Waals surface area contributed by atoms with Crippen LogP contribution in [0.5, 0.6) is 0 Å². The zero-order chi connectivity index (χ0) is 10.7. The highest BCUT2D eigenvalue weighted by Crippen LogP contribution is 2.20. The zero-order valence-corrected chi connectivity index (χ0v) is 8.31. The van der Waals surface area contributed by atoms with Crippen LogP contribution in [0.3, 0.4) is 0 Å². The molecule has 1 aliphatic heterocycles. The quantitative estimate of drug-likeness (QED) is 0.212. The van der Waals surface area contributed by atoms with Gasteiger partial charge in [-0.25, -0.2) is 0 Å². The van der Waals surface area contributed by atoms with Crippen LogP contribution in [0.2, 0.25) is 0 Å². The maximum absolute atomic E-state index is 11.0. The maximum Gasteiger partial charge on any atom is 0.222 e. The van der Waals surface area contributed by atoms with Crippen LogP contribution >= 0.6 is 0 Å². The number of rotatable bonds is 1. The Labute approximate surface area is 83.1 Å². The molecule has 6 nitrogen and oxygen atoms in total. The van der Waals surface area contributed by atoms with E-state index in [4.69, 9.17) is 17.3 Å². The van der Waals surface area contributed by atoms with E-state index in [9.17, 15) is 4.79 Å². The number of amides is 1. The molecule has 2 atom stereocenters. The average molecular weight is 199 g/mol. The van der Waals surface area contributed by atoms with Crippen LogP contribution in [0.15, 0.2) is 5.10 Å². The zero-order valence-electron chi connectivity index (χ0n) is 8.31. The minimum Gasteiger partial charge on any atom is -0.369 e. The summed E-state index contributed by atoms with van der Waals surface area (Å²) in [6, 6.07) is 0.262. The fraction of sp³-hybridized carbons (Fsp3) is 0.750. The first kappa shape index (κ1) is 10.6. The van der Waals surface area contributed by atoms with Crippen molar-refractivity contribution in [2.24, 2.45) is 28.3 Å². The fourth-order valence-electron chi connectivity index (χ4n) is 1.73. The van der Waals surface area contributed by atoms with Crippen molar-refractivity contribution in [2.45, 2.75) is 25.8 Å². The van der Waals surface area contributed by atoms with Gasteiger partial charge in [0.05, 0.1) is 5.92 Å². The molecule has 14 heavy (non-hydrogen) atoms. The minimum atomic E-state index is -0.285. The van der Waals surface area contributed by atoms with Crippen LogP contribution in [-0.4, -0.2) is 29.4 Å². The molecule has 80 valence electrons. The fourth-order valence-corrected chi connectivity index (χ4v) is 1.73. The maximum atomic E-state index is 11.0. The summed E-state index contributed by atoms with van der Waals surface area (Å²) in [5, 5.41) is 3.42. The molecule has 0 saturated carbocycles.